The SMILES string of the molecule is CC(=O)Nc1cc2nc3n(c2cc1C)CCC3OC(C)=O. The van der Waals surface area contributed by atoms with Gasteiger partial charge in [-0.1, -0.05) is 0 Å². The Morgan fingerprint density at radius 3 is 2.81 bits per heavy atom. The van der Waals surface area contributed by atoms with Crippen LogP contribution in [0, 0.1) is 6.92 Å². The molecule has 1 aromatic carbocycles. The Bertz CT molecular complexity index is 748. The molecule has 21 heavy (non-hydrogen) atoms. The molecule has 0 radical (unpaired) electrons. The molecule has 6 nitrogen and oxygen atoms in total. The number of hydrogen-bond donors (Lipinski definition) is 1. The highest BCUT2D eigenvalue weighted by molar-refractivity contribution is 5.93. The molecule has 1 amide bonds. The summed E-state index contributed by atoms with van der Waals surface area (Å²) in [5.41, 5.74) is 3.55. The van der Waals surface area contributed by atoms with E-state index < -0.39 is 0 Å². The number of imidazole rings is 1. The van der Waals surface area contributed by atoms with Crippen LogP contribution in [-0.2, 0) is 20.9 Å². The molecular weight excluding hydrogens is 270 g/mol. The van der Waals surface area contributed by atoms with E-state index in [1.165, 1.54) is 13.8 Å². The summed E-state index contributed by atoms with van der Waals surface area (Å²) in [6.07, 6.45) is 0.476. The normalized spacial score (nSPS) is 16.8. The van der Waals surface area contributed by atoms with Crippen LogP contribution in [0.25, 0.3) is 11.0 Å². The van der Waals surface area contributed by atoms with Gasteiger partial charge in [0.05, 0.1) is 11.0 Å². The Kier molecular flexibility index (Phi) is 3.16. The average molecular weight is 287 g/mol. The number of benzene rings is 1. The summed E-state index contributed by atoms with van der Waals surface area (Å²) >= 11 is 0. The van der Waals surface area contributed by atoms with Crippen molar-refractivity contribution in [1.82, 2.24) is 9.55 Å². The van der Waals surface area contributed by atoms with Crippen molar-refractivity contribution in [1.29, 1.82) is 0 Å². The first-order chi connectivity index (χ1) is 9.95. The first kappa shape index (κ1) is 13.6. The molecule has 1 aliphatic rings. The van der Waals surface area contributed by atoms with Crippen LogP contribution in [0.5, 0.6) is 0 Å². The zero-order chi connectivity index (χ0) is 15.1. The quantitative estimate of drug-likeness (QED) is 0.860. The molecule has 0 fully saturated rings. The van der Waals surface area contributed by atoms with Crippen LogP contribution in [0.1, 0.15) is 37.8 Å². The van der Waals surface area contributed by atoms with Crippen LogP contribution in [0.4, 0.5) is 5.69 Å². The van der Waals surface area contributed by atoms with Crippen molar-refractivity contribution in [3.05, 3.63) is 23.5 Å². The molecule has 1 N–H and O–H groups in total. The van der Waals surface area contributed by atoms with Gasteiger partial charge in [0, 0.05) is 32.5 Å². The summed E-state index contributed by atoms with van der Waals surface area (Å²) in [5.74, 6) is 0.372. The molecule has 0 bridgehead atoms. The molecular formula is C15H17N3O3. The Hall–Kier alpha value is -2.37. The number of nitrogens with zero attached hydrogens (tertiary/aromatic N) is 2. The molecule has 0 aliphatic carbocycles. The molecule has 0 spiro atoms. The summed E-state index contributed by atoms with van der Waals surface area (Å²) in [6.45, 7) is 5.61. The monoisotopic (exact) mass is 287 g/mol. The molecule has 0 saturated heterocycles. The van der Waals surface area contributed by atoms with Crippen molar-refractivity contribution in [3.63, 3.8) is 0 Å². The Morgan fingerprint density at radius 2 is 2.14 bits per heavy atom. The van der Waals surface area contributed by atoms with E-state index in [4.69, 9.17) is 4.74 Å². The number of nitrogens with one attached hydrogen (secondary N) is 1. The van der Waals surface area contributed by atoms with Crippen molar-refractivity contribution in [2.45, 2.75) is 39.8 Å². The fourth-order valence-electron chi connectivity index (χ4n) is 2.79. The van der Waals surface area contributed by atoms with Gasteiger partial charge < -0.3 is 14.6 Å². The minimum Gasteiger partial charge on any atom is -0.454 e. The third kappa shape index (κ3) is 2.37. The number of amides is 1. The van der Waals surface area contributed by atoms with E-state index in [-0.39, 0.29) is 18.0 Å². The van der Waals surface area contributed by atoms with Crippen molar-refractivity contribution < 1.29 is 14.3 Å². The van der Waals surface area contributed by atoms with Crippen LogP contribution in [0.2, 0.25) is 0 Å². The van der Waals surface area contributed by atoms with Crippen LogP contribution in [0.3, 0.4) is 0 Å². The van der Waals surface area contributed by atoms with Crippen LogP contribution < -0.4 is 5.32 Å². The zero-order valence-corrected chi connectivity index (χ0v) is 12.3. The highest BCUT2D eigenvalue weighted by Gasteiger charge is 2.29. The number of fused-ring (bicyclic) bond motifs is 3. The number of aryl methyl sites for hydroxylation is 2. The molecule has 110 valence electrons. The van der Waals surface area contributed by atoms with Gasteiger partial charge in [-0.15, -0.1) is 0 Å². The zero-order valence-electron chi connectivity index (χ0n) is 12.3. The number of rotatable bonds is 2. The van der Waals surface area contributed by atoms with Gasteiger partial charge in [-0.05, 0) is 24.6 Å². The van der Waals surface area contributed by atoms with Crippen molar-refractivity contribution in [3.8, 4) is 0 Å². The van der Waals surface area contributed by atoms with Gasteiger partial charge in [0.15, 0.2) is 11.9 Å². The number of carbonyl (C=O) groups excluding carboxylic acids is 2. The van der Waals surface area contributed by atoms with E-state index in [9.17, 15) is 9.59 Å². The summed E-state index contributed by atoms with van der Waals surface area (Å²) in [6, 6.07) is 3.87. The average Bonchev–Trinajstić information content (AvgIpc) is 2.90. The highest BCUT2D eigenvalue weighted by Crippen LogP contribution is 2.34. The number of aromatic nitrogens is 2. The maximum atomic E-state index is 11.2. The van der Waals surface area contributed by atoms with Crippen LogP contribution in [-0.4, -0.2) is 21.4 Å². The number of carbonyl (C=O) groups is 2. The molecule has 1 aliphatic heterocycles. The maximum Gasteiger partial charge on any atom is 0.303 e. The fraction of sp³-hybridized carbons (Fsp3) is 0.400. The molecule has 1 aromatic heterocycles. The highest BCUT2D eigenvalue weighted by atomic mass is 16.5. The third-order valence-electron chi connectivity index (χ3n) is 3.65. The van der Waals surface area contributed by atoms with Crippen molar-refractivity contribution in [2.24, 2.45) is 0 Å². The van der Waals surface area contributed by atoms with E-state index in [0.717, 1.165) is 41.1 Å². The van der Waals surface area contributed by atoms with Gasteiger partial charge in [0.1, 0.15) is 0 Å². The molecule has 2 aromatic rings. The Balaban J connectivity index is 2.06. The number of anilines is 1. The second kappa shape index (κ2) is 4.87. The Morgan fingerprint density at radius 1 is 1.38 bits per heavy atom. The van der Waals surface area contributed by atoms with Gasteiger partial charge >= 0.3 is 5.97 Å². The Labute approximate surface area is 122 Å². The van der Waals surface area contributed by atoms with Gasteiger partial charge in [-0.2, -0.15) is 0 Å². The molecule has 3 rings (SSSR count). The predicted molar refractivity (Wildman–Crippen MR) is 77.9 cm³/mol. The first-order valence-corrected chi connectivity index (χ1v) is 6.91. The fourth-order valence-corrected chi connectivity index (χ4v) is 2.79. The van der Waals surface area contributed by atoms with E-state index in [0.29, 0.717) is 0 Å². The van der Waals surface area contributed by atoms with Crippen molar-refractivity contribution >= 4 is 28.6 Å². The number of ether oxygens (including phenoxy) is 1. The second-order valence-corrected chi connectivity index (χ2v) is 5.35. The minimum atomic E-state index is -0.296. The van der Waals surface area contributed by atoms with Gasteiger partial charge in [-0.25, -0.2) is 4.98 Å². The van der Waals surface area contributed by atoms with Crippen molar-refractivity contribution in [2.75, 3.05) is 5.32 Å². The van der Waals surface area contributed by atoms with Gasteiger partial charge in [0.25, 0.3) is 0 Å². The smallest absolute Gasteiger partial charge is 0.303 e. The lowest BCUT2D eigenvalue weighted by molar-refractivity contribution is -0.146. The molecule has 6 heteroatoms. The van der Waals surface area contributed by atoms with E-state index in [1.807, 2.05) is 19.1 Å². The summed E-state index contributed by atoms with van der Waals surface area (Å²) in [7, 11) is 0. The van der Waals surface area contributed by atoms with E-state index in [2.05, 4.69) is 14.9 Å². The molecule has 2 heterocycles. The number of hydrogen-bond acceptors (Lipinski definition) is 4. The predicted octanol–water partition coefficient (Wildman–Crippen LogP) is 2.31. The van der Waals surface area contributed by atoms with Crippen LogP contribution >= 0.6 is 0 Å². The summed E-state index contributed by atoms with van der Waals surface area (Å²) in [4.78, 5) is 26.9. The number of esters is 1. The summed E-state index contributed by atoms with van der Waals surface area (Å²) in [5, 5.41) is 2.80. The van der Waals surface area contributed by atoms with E-state index in [1.54, 1.807) is 0 Å². The first-order valence-electron chi connectivity index (χ1n) is 6.91. The lowest BCUT2D eigenvalue weighted by atomic mass is 10.1. The topological polar surface area (TPSA) is 73.2 Å². The standard InChI is InChI=1S/C15H17N3O3/c1-8-6-13-12(7-11(8)16-9(2)19)17-15-14(21-10(3)20)4-5-18(13)15/h6-7,14H,4-5H2,1-3H3,(H,16,19). The molecule has 1 unspecified atom stereocenters. The van der Waals surface area contributed by atoms with Gasteiger partial charge in [-0.3, -0.25) is 9.59 Å². The lowest BCUT2D eigenvalue weighted by Crippen LogP contribution is -2.07. The van der Waals surface area contributed by atoms with Crippen LogP contribution in [0.15, 0.2) is 12.1 Å². The molecule has 0 saturated carbocycles. The van der Waals surface area contributed by atoms with Gasteiger partial charge in [0.2, 0.25) is 5.91 Å². The largest absolute Gasteiger partial charge is 0.454 e. The maximum absolute atomic E-state index is 11.2. The summed E-state index contributed by atoms with van der Waals surface area (Å²) < 4.78 is 7.38. The lowest BCUT2D eigenvalue weighted by Gasteiger charge is -2.07. The van der Waals surface area contributed by atoms with E-state index >= 15 is 0 Å². The third-order valence-corrected chi connectivity index (χ3v) is 3.65. The minimum absolute atomic E-state index is 0.109. The second-order valence-electron chi connectivity index (χ2n) is 5.35. The molecule has 1 atom stereocenters.